The van der Waals surface area contributed by atoms with Gasteiger partial charge in [0.1, 0.15) is 5.75 Å². The van der Waals surface area contributed by atoms with Gasteiger partial charge in [0, 0.05) is 0 Å². The average molecular weight is 380 g/mol. The van der Waals surface area contributed by atoms with Crippen LogP contribution >= 0.6 is 0 Å². The first kappa shape index (κ1) is 20.8. The van der Waals surface area contributed by atoms with Crippen molar-refractivity contribution in [3.8, 4) is 16.9 Å². The van der Waals surface area contributed by atoms with Crippen LogP contribution in [0.25, 0.3) is 11.1 Å². The Kier molecular flexibility index (Phi) is 6.52. The van der Waals surface area contributed by atoms with Crippen molar-refractivity contribution in [3.63, 3.8) is 0 Å². The number of carboxylic acid groups (broad SMARTS) is 1. The second-order valence-corrected chi connectivity index (χ2v) is 6.77. The number of carbonyl (C=O) groups is 1. The summed E-state index contributed by atoms with van der Waals surface area (Å²) in [5.74, 6) is -1.32. The predicted molar refractivity (Wildman–Crippen MR) is 97.9 cm³/mol. The standard InChI is InChI=1S/C21H23F3O3/c1-4-9-27-18-11-15(10-16(12-18)19(13(2)3)20(25)26)14-5-7-17(8-6-14)21(22,23)24/h5-8,10-13,19H,4,9H2,1-3H3,(H,25,26). The molecule has 3 nitrogen and oxygen atoms in total. The molecule has 0 aliphatic rings. The van der Waals surface area contributed by atoms with Gasteiger partial charge in [-0.3, -0.25) is 4.79 Å². The largest absolute Gasteiger partial charge is 0.494 e. The van der Waals surface area contributed by atoms with E-state index in [2.05, 4.69) is 0 Å². The van der Waals surface area contributed by atoms with E-state index in [1.54, 1.807) is 18.2 Å². The van der Waals surface area contributed by atoms with Crippen LogP contribution in [0.3, 0.4) is 0 Å². The molecule has 0 radical (unpaired) electrons. The molecule has 2 rings (SSSR count). The number of ether oxygens (including phenoxy) is 1. The molecule has 1 atom stereocenters. The Balaban J connectivity index is 2.51. The van der Waals surface area contributed by atoms with Gasteiger partial charge in [-0.25, -0.2) is 0 Å². The lowest BCUT2D eigenvalue weighted by atomic mass is 9.86. The van der Waals surface area contributed by atoms with Gasteiger partial charge in [-0.1, -0.05) is 39.0 Å². The lowest BCUT2D eigenvalue weighted by molar-refractivity contribution is -0.140. The lowest BCUT2D eigenvalue weighted by Gasteiger charge is -2.19. The molecule has 0 aliphatic carbocycles. The van der Waals surface area contributed by atoms with E-state index in [0.717, 1.165) is 18.6 Å². The summed E-state index contributed by atoms with van der Waals surface area (Å²) < 4.78 is 44.0. The minimum atomic E-state index is -4.40. The van der Waals surface area contributed by atoms with Crippen LogP contribution in [-0.4, -0.2) is 17.7 Å². The molecular weight excluding hydrogens is 357 g/mol. The highest BCUT2D eigenvalue weighted by Crippen LogP contribution is 2.35. The smallest absolute Gasteiger partial charge is 0.416 e. The van der Waals surface area contributed by atoms with Crippen LogP contribution in [0, 0.1) is 5.92 Å². The fourth-order valence-electron chi connectivity index (χ4n) is 2.94. The van der Waals surface area contributed by atoms with Crippen LogP contribution in [0.15, 0.2) is 42.5 Å². The van der Waals surface area contributed by atoms with E-state index in [4.69, 9.17) is 4.74 Å². The van der Waals surface area contributed by atoms with Gasteiger partial charge in [0.2, 0.25) is 0 Å². The minimum Gasteiger partial charge on any atom is -0.494 e. The Labute approximate surface area is 156 Å². The molecule has 0 fully saturated rings. The lowest BCUT2D eigenvalue weighted by Crippen LogP contribution is -2.17. The molecule has 0 spiro atoms. The van der Waals surface area contributed by atoms with Crippen molar-refractivity contribution in [3.05, 3.63) is 53.6 Å². The summed E-state index contributed by atoms with van der Waals surface area (Å²) in [6.45, 7) is 6.05. The molecule has 0 aliphatic heterocycles. The maximum Gasteiger partial charge on any atom is 0.416 e. The molecule has 0 saturated carbocycles. The summed E-state index contributed by atoms with van der Waals surface area (Å²) in [5.41, 5.74) is 1.04. The van der Waals surface area contributed by atoms with E-state index >= 15 is 0 Å². The number of hydrogen-bond donors (Lipinski definition) is 1. The molecule has 1 N–H and O–H groups in total. The highest BCUT2D eigenvalue weighted by Gasteiger charge is 2.30. The highest BCUT2D eigenvalue weighted by atomic mass is 19.4. The minimum absolute atomic E-state index is 0.149. The molecule has 1 unspecified atom stereocenters. The Morgan fingerprint density at radius 1 is 1.07 bits per heavy atom. The number of alkyl halides is 3. The Bertz CT molecular complexity index is 780. The first-order valence-electron chi connectivity index (χ1n) is 8.81. The number of hydrogen-bond acceptors (Lipinski definition) is 2. The van der Waals surface area contributed by atoms with Crippen LogP contribution in [0.4, 0.5) is 13.2 Å². The van der Waals surface area contributed by atoms with E-state index < -0.39 is 23.6 Å². The van der Waals surface area contributed by atoms with E-state index in [1.165, 1.54) is 12.1 Å². The van der Waals surface area contributed by atoms with Crippen molar-refractivity contribution in [2.24, 2.45) is 5.92 Å². The molecule has 0 amide bonds. The first-order chi connectivity index (χ1) is 12.6. The van der Waals surface area contributed by atoms with Gasteiger partial charge in [0.05, 0.1) is 18.1 Å². The van der Waals surface area contributed by atoms with Gasteiger partial charge >= 0.3 is 12.1 Å². The van der Waals surface area contributed by atoms with E-state index in [0.29, 0.717) is 29.0 Å². The monoisotopic (exact) mass is 380 g/mol. The molecule has 0 aromatic heterocycles. The maximum absolute atomic E-state index is 12.8. The molecule has 0 saturated heterocycles. The highest BCUT2D eigenvalue weighted by molar-refractivity contribution is 5.78. The van der Waals surface area contributed by atoms with Crippen LogP contribution in [-0.2, 0) is 11.0 Å². The van der Waals surface area contributed by atoms with Crippen LogP contribution in [0.2, 0.25) is 0 Å². The summed E-state index contributed by atoms with van der Waals surface area (Å²) in [4.78, 5) is 11.7. The van der Waals surface area contributed by atoms with Gasteiger partial charge in [-0.2, -0.15) is 13.2 Å². The van der Waals surface area contributed by atoms with Gasteiger partial charge in [0.25, 0.3) is 0 Å². The van der Waals surface area contributed by atoms with Crippen molar-refractivity contribution in [1.29, 1.82) is 0 Å². The Morgan fingerprint density at radius 3 is 2.19 bits per heavy atom. The predicted octanol–water partition coefficient (Wildman–Crippen LogP) is 5.99. The third-order valence-electron chi connectivity index (χ3n) is 4.24. The summed E-state index contributed by atoms with van der Waals surface area (Å²) in [7, 11) is 0. The zero-order chi connectivity index (χ0) is 20.2. The number of rotatable bonds is 7. The molecule has 6 heteroatoms. The topological polar surface area (TPSA) is 46.5 Å². The summed E-state index contributed by atoms with van der Waals surface area (Å²) in [5, 5.41) is 9.59. The van der Waals surface area contributed by atoms with Gasteiger partial charge in [-0.15, -0.1) is 0 Å². The van der Waals surface area contributed by atoms with Crippen LogP contribution in [0.5, 0.6) is 5.75 Å². The first-order valence-corrected chi connectivity index (χ1v) is 8.81. The summed E-state index contributed by atoms with van der Waals surface area (Å²) in [6, 6.07) is 9.94. The van der Waals surface area contributed by atoms with E-state index in [9.17, 15) is 23.1 Å². The Morgan fingerprint density at radius 2 is 1.70 bits per heavy atom. The zero-order valence-electron chi connectivity index (χ0n) is 15.5. The van der Waals surface area contributed by atoms with Crippen LogP contribution in [0.1, 0.15) is 44.2 Å². The fraction of sp³-hybridized carbons (Fsp3) is 0.381. The quantitative estimate of drug-likeness (QED) is 0.642. The number of benzene rings is 2. The van der Waals surface area contributed by atoms with Crippen molar-refractivity contribution in [2.45, 2.75) is 39.3 Å². The third-order valence-corrected chi connectivity index (χ3v) is 4.24. The van der Waals surface area contributed by atoms with Crippen molar-refractivity contribution in [2.75, 3.05) is 6.61 Å². The van der Waals surface area contributed by atoms with E-state index in [-0.39, 0.29) is 5.92 Å². The molecule has 2 aromatic carbocycles. The normalized spacial score (nSPS) is 12.9. The third kappa shape index (κ3) is 5.25. The number of halogens is 3. The fourth-order valence-corrected chi connectivity index (χ4v) is 2.94. The van der Waals surface area contributed by atoms with Gasteiger partial charge in [0.15, 0.2) is 0 Å². The average Bonchev–Trinajstić information content (AvgIpc) is 2.58. The van der Waals surface area contributed by atoms with Gasteiger partial charge < -0.3 is 9.84 Å². The molecule has 2 aromatic rings. The Hall–Kier alpha value is -2.50. The van der Waals surface area contributed by atoms with Crippen molar-refractivity contribution < 1.29 is 27.8 Å². The second kappa shape index (κ2) is 8.46. The van der Waals surface area contributed by atoms with Gasteiger partial charge in [-0.05, 0) is 53.3 Å². The molecule has 146 valence electrons. The van der Waals surface area contributed by atoms with Crippen molar-refractivity contribution >= 4 is 5.97 Å². The van der Waals surface area contributed by atoms with E-state index in [1.807, 2.05) is 20.8 Å². The summed E-state index contributed by atoms with van der Waals surface area (Å²) in [6.07, 6.45) is -3.62. The van der Waals surface area contributed by atoms with Crippen LogP contribution < -0.4 is 4.74 Å². The zero-order valence-corrected chi connectivity index (χ0v) is 15.5. The number of aliphatic carboxylic acids is 1. The number of carboxylic acids is 1. The summed E-state index contributed by atoms with van der Waals surface area (Å²) >= 11 is 0. The SMILES string of the molecule is CCCOc1cc(-c2ccc(C(F)(F)F)cc2)cc(C(C(=O)O)C(C)C)c1. The van der Waals surface area contributed by atoms with Crippen molar-refractivity contribution in [1.82, 2.24) is 0 Å². The molecular formula is C21H23F3O3. The molecule has 0 bridgehead atoms. The molecule has 27 heavy (non-hydrogen) atoms. The second-order valence-electron chi connectivity index (χ2n) is 6.77. The maximum atomic E-state index is 12.8. The molecule has 0 heterocycles.